The summed E-state index contributed by atoms with van der Waals surface area (Å²) in [4.78, 5) is 24.0. The van der Waals surface area contributed by atoms with Gasteiger partial charge in [-0.3, -0.25) is 4.79 Å². The lowest BCUT2D eigenvalue weighted by Crippen LogP contribution is -2.12. The van der Waals surface area contributed by atoms with E-state index in [-0.39, 0.29) is 11.3 Å². The summed E-state index contributed by atoms with van der Waals surface area (Å²) in [5.41, 5.74) is 2.71. The van der Waals surface area contributed by atoms with Crippen LogP contribution in [0.15, 0.2) is 72.8 Å². The van der Waals surface area contributed by atoms with E-state index in [9.17, 15) is 14.7 Å². The highest BCUT2D eigenvalue weighted by Crippen LogP contribution is 2.28. The van der Waals surface area contributed by atoms with Gasteiger partial charge in [0.2, 0.25) is 5.91 Å². The second-order valence-corrected chi connectivity index (χ2v) is 6.37. The number of amides is 1. The molecule has 0 aromatic heterocycles. The number of methoxy groups -OCH3 is 2. The maximum atomic E-state index is 12.4. The molecule has 0 bridgehead atoms. The zero-order valence-electron chi connectivity index (χ0n) is 16.6. The predicted octanol–water partition coefficient (Wildman–Crippen LogP) is 4.72. The number of carboxylic acids is 1. The van der Waals surface area contributed by atoms with Gasteiger partial charge in [0.25, 0.3) is 0 Å². The lowest BCUT2D eigenvalue weighted by Gasteiger charge is -2.10. The molecule has 0 unspecified atom stereocenters. The van der Waals surface area contributed by atoms with E-state index in [1.165, 1.54) is 19.3 Å². The molecule has 0 saturated carbocycles. The number of carboxylic acid groups (broad SMARTS) is 1. The van der Waals surface area contributed by atoms with E-state index in [2.05, 4.69) is 5.32 Å². The zero-order valence-corrected chi connectivity index (χ0v) is 16.6. The Balaban J connectivity index is 1.83. The van der Waals surface area contributed by atoms with Crippen molar-refractivity contribution >= 4 is 23.6 Å². The lowest BCUT2D eigenvalue weighted by atomic mass is 10.0. The van der Waals surface area contributed by atoms with Crippen molar-refractivity contribution in [3.63, 3.8) is 0 Å². The fourth-order valence-electron chi connectivity index (χ4n) is 2.95. The molecule has 3 rings (SSSR count). The summed E-state index contributed by atoms with van der Waals surface area (Å²) in [7, 11) is 3.08. The van der Waals surface area contributed by atoms with Gasteiger partial charge < -0.3 is 19.9 Å². The van der Waals surface area contributed by atoms with Crippen molar-refractivity contribution in [2.45, 2.75) is 0 Å². The Morgan fingerprint density at radius 1 is 0.867 bits per heavy atom. The lowest BCUT2D eigenvalue weighted by molar-refractivity contribution is -0.111. The minimum atomic E-state index is -1.12. The molecule has 0 aliphatic heterocycles. The summed E-state index contributed by atoms with van der Waals surface area (Å²) in [5, 5.41) is 12.1. The molecule has 0 spiro atoms. The highest BCUT2D eigenvalue weighted by atomic mass is 16.5. The van der Waals surface area contributed by atoms with E-state index in [1.54, 1.807) is 43.5 Å². The first-order chi connectivity index (χ1) is 14.5. The number of rotatable bonds is 7. The van der Waals surface area contributed by atoms with Crippen LogP contribution in [0.3, 0.4) is 0 Å². The summed E-state index contributed by atoms with van der Waals surface area (Å²) in [6.07, 6.45) is 2.95. The van der Waals surface area contributed by atoms with E-state index in [4.69, 9.17) is 9.47 Å². The van der Waals surface area contributed by atoms with Crippen LogP contribution in [0.2, 0.25) is 0 Å². The van der Waals surface area contributed by atoms with E-state index < -0.39 is 11.9 Å². The molecule has 6 heteroatoms. The molecule has 0 radical (unpaired) electrons. The third-order valence-corrected chi connectivity index (χ3v) is 4.45. The van der Waals surface area contributed by atoms with Gasteiger partial charge in [-0.2, -0.15) is 0 Å². The van der Waals surface area contributed by atoms with Crippen LogP contribution < -0.4 is 14.8 Å². The SMILES string of the molecule is COc1ccc(C=CC(=O)Nc2cc(-c3ccccc3)ccc2C(=O)O)cc1OC. The molecule has 0 atom stereocenters. The third kappa shape index (κ3) is 4.86. The zero-order chi connectivity index (χ0) is 21.5. The highest BCUT2D eigenvalue weighted by Gasteiger charge is 2.13. The largest absolute Gasteiger partial charge is 0.493 e. The standard InChI is InChI=1S/C24H21NO5/c1-29-21-12-8-16(14-22(21)30-2)9-13-23(26)25-20-15-18(10-11-19(20)24(27)28)17-6-4-3-5-7-17/h3-15H,1-2H3,(H,25,26)(H,27,28). The molecular formula is C24H21NO5. The molecule has 3 aromatic carbocycles. The Bertz CT molecular complexity index is 1090. The van der Waals surface area contributed by atoms with Crippen molar-refractivity contribution in [1.29, 1.82) is 0 Å². The molecule has 30 heavy (non-hydrogen) atoms. The van der Waals surface area contributed by atoms with Crippen LogP contribution in [0.5, 0.6) is 11.5 Å². The molecule has 3 aromatic rings. The monoisotopic (exact) mass is 403 g/mol. The molecule has 0 saturated heterocycles. The molecule has 152 valence electrons. The fraction of sp³-hybridized carbons (Fsp3) is 0.0833. The maximum absolute atomic E-state index is 12.4. The predicted molar refractivity (Wildman–Crippen MR) is 116 cm³/mol. The minimum Gasteiger partial charge on any atom is -0.493 e. The molecule has 0 heterocycles. The van der Waals surface area contributed by atoms with Crippen molar-refractivity contribution in [2.24, 2.45) is 0 Å². The summed E-state index contributed by atoms with van der Waals surface area (Å²) in [6.45, 7) is 0. The normalized spacial score (nSPS) is 10.6. The molecular weight excluding hydrogens is 382 g/mol. The van der Waals surface area contributed by atoms with Gasteiger partial charge in [0.05, 0.1) is 25.5 Å². The number of aromatic carboxylic acids is 1. The Morgan fingerprint density at radius 3 is 2.27 bits per heavy atom. The van der Waals surface area contributed by atoms with Crippen LogP contribution in [0.1, 0.15) is 15.9 Å². The number of hydrogen-bond acceptors (Lipinski definition) is 4. The Labute approximate surface area is 174 Å². The van der Waals surface area contributed by atoms with Crippen molar-refractivity contribution in [1.82, 2.24) is 0 Å². The summed E-state index contributed by atoms with van der Waals surface area (Å²) < 4.78 is 10.4. The molecule has 2 N–H and O–H groups in total. The van der Waals surface area contributed by atoms with Gasteiger partial charge in [-0.15, -0.1) is 0 Å². The number of carbonyl (C=O) groups is 2. The topological polar surface area (TPSA) is 84.9 Å². The average Bonchev–Trinajstić information content (AvgIpc) is 2.77. The number of carbonyl (C=O) groups excluding carboxylic acids is 1. The number of benzene rings is 3. The first kappa shape index (κ1) is 20.7. The minimum absolute atomic E-state index is 0.0162. The van der Waals surface area contributed by atoms with E-state index in [1.807, 2.05) is 30.3 Å². The van der Waals surface area contributed by atoms with Crippen LogP contribution in [-0.2, 0) is 4.79 Å². The molecule has 1 amide bonds. The number of anilines is 1. The van der Waals surface area contributed by atoms with Crippen LogP contribution in [0.25, 0.3) is 17.2 Å². The van der Waals surface area contributed by atoms with Crippen LogP contribution in [-0.4, -0.2) is 31.2 Å². The molecule has 0 aliphatic carbocycles. The Morgan fingerprint density at radius 2 is 1.60 bits per heavy atom. The summed E-state index contributed by atoms with van der Waals surface area (Å²) in [5.74, 6) is -0.432. The molecule has 0 aliphatic rings. The second-order valence-electron chi connectivity index (χ2n) is 6.37. The van der Waals surface area contributed by atoms with Crippen molar-refractivity contribution in [3.8, 4) is 22.6 Å². The Kier molecular flexibility index (Phi) is 6.49. The van der Waals surface area contributed by atoms with E-state index in [0.29, 0.717) is 11.5 Å². The quantitative estimate of drug-likeness (QED) is 0.558. The van der Waals surface area contributed by atoms with Crippen LogP contribution in [0, 0.1) is 0 Å². The Hall–Kier alpha value is -4.06. The van der Waals surface area contributed by atoms with Gasteiger partial charge in [0, 0.05) is 6.08 Å². The first-order valence-electron chi connectivity index (χ1n) is 9.15. The third-order valence-electron chi connectivity index (χ3n) is 4.45. The van der Waals surface area contributed by atoms with Crippen molar-refractivity contribution in [3.05, 3.63) is 83.9 Å². The van der Waals surface area contributed by atoms with Gasteiger partial charge in [-0.25, -0.2) is 4.79 Å². The van der Waals surface area contributed by atoms with E-state index >= 15 is 0 Å². The average molecular weight is 403 g/mol. The smallest absolute Gasteiger partial charge is 0.337 e. The van der Waals surface area contributed by atoms with Crippen LogP contribution in [0.4, 0.5) is 5.69 Å². The maximum Gasteiger partial charge on any atom is 0.337 e. The van der Waals surface area contributed by atoms with Gasteiger partial charge in [-0.1, -0.05) is 42.5 Å². The van der Waals surface area contributed by atoms with Crippen molar-refractivity contribution in [2.75, 3.05) is 19.5 Å². The first-order valence-corrected chi connectivity index (χ1v) is 9.15. The summed E-state index contributed by atoms with van der Waals surface area (Å²) >= 11 is 0. The van der Waals surface area contributed by atoms with Gasteiger partial charge in [0.15, 0.2) is 11.5 Å². The summed E-state index contributed by atoms with van der Waals surface area (Å²) in [6, 6.07) is 19.6. The van der Waals surface area contributed by atoms with Gasteiger partial charge >= 0.3 is 5.97 Å². The molecule has 0 fully saturated rings. The number of ether oxygens (including phenoxy) is 2. The fourth-order valence-corrected chi connectivity index (χ4v) is 2.95. The van der Waals surface area contributed by atoms with Crippen molar-refractivity contribution < 1.29 is 24.2 Å². The van der Waals surface area contributed by atoms with Gasteiger partial charge in [-0.05, 0) is 47.0 Å². The molecule has 6 nitrogen and oxygen atoms in total. The van der Waals surface area contributed by atoms with Gasteiger partial charge in [0.1, 0.15) is 0 Å². The number of hydrogen-bond donors (Lipinski definition) is 2. The second kappa shape index (κ2) is 9.43. The van der Waals surface area contributed by atoms with Crippen LogP contribution >= 0.6 is 0 Å². The number of nitrogens with one attached hydrogen (secondary N) is 1. The highest BCUT2D eigenvalue weighted by molar-refractivity contribution is 6.06. The van der Waals surface area contributed by atoms with E-state index in [0.717, 1.165) is 16.7 Å².